The molecule has 0 saturated carbocycles. The van der Waals surface area contributed by atoms with Gasteiger partial charge < -0.3 is 30.2 Å². The minimum atomic E-state index is -1.15. The van der Waals surface area contributed by atoms with Gasteiger partial charge >= 0.3 is 0 Å². The standard InChI is InChI=1S/C22H32N4O4.HI/c1-6-23-21(26-14-22(4,28)19-12-15(2)30-16(19)3)25-11-10-24-20(27)17-8-7-9-18(13-17)29-5;/h7-9,12-13,28H,6,10-11,14H2,1-5H3,(H,24,27)(H2,23,25,26);1H. The molecule has 2 aromatic rings. The lowest BCUT2D eigenvalue weighted by molar-refractivity contribution is 0.0657. The first-order valence-electron chi connectivity index (χ1n) is 10.0. The molecular weight excluding hydrogens is 511 g/mol. The summed E-state index contributed by atoms with van der Waals surface area (Å²) in [6, 6.07) is 8.82. The number of nitrogens with one attached hydrogen (secondary N) is 3. The van der Waals surface area contributed by atoms with E-state index in [-0.39, 0.29) is 36.4 Å². The third kappa shape index (κ3) is 8.06. The van der Waals surface area contributed by atoms with Crippen LogP contribution in [0.15, 0.2) is 39.7 Å². The van der Waals surface area contributed by atoms with Crippen LogP contribution in [0.4, 0.5) is 0 Å². The van der Waals surface area contributed by atoms with Crippen molar-refractivity contribution in [1.82, 2.24) is 16.0 Å². The molecule has 0 spiro atoms. The van der Waals surface area contributed by atoms with E-state index in [1.807, 2.05) is 26.8 Å². The number of methoxy groups -OCH3 is 1. The number of benzene rings is 1. The van der Waals surface area contributed by atoms with Gasteiger partial charge in [0.1, 0.15) is 22.9 Å². The summed E-state index contributed by atoms with van der Waals surface area (Å²) in [5.74, 6) is 2.46. The Hall–Kier alpha value is -2.27. The van der Waals surface area contributed by atoms with E-state index < -0.39 is 5.60 Å². The Morgan fingerprint density at radius 2 is 1.90 bits per heavy atom. The molecule has 1 aromatic carbocycles. The topological polar surface area (TPSA) is 108 Å². The average molecular weight is 544 g/mol. The summed E-state index contributed by atoms with van der Waals surface area (Å²) in [4.78, 5) is 16.7. The number of nitrogens with zero attached hydrogens (tertiary/aromatic N) is 1. The fraction of sp³-hybridized carbons (Fsp3) is 0.455. The average Bonchev–Trinajstić information content (AvgIpc) is 3.08. The third-order valence-corrected chi connectivity index (χ3v) is 4.55. The molecule has 0 aliphatic heterocycles. The van der Waals surface area contributed by atoms with Gasteiger partial charge in [0.15, 0.2) is 5.96 Å². The van der Waals surface area contributed by atoms with E-state index in [4.69, 9.17) is 9.15 Å². The van der Waals surface area contributed by atoms with Crippen LogP contribution >= 0.6 is 24.0 Å². The SMILES string of the molecule is CCNC(=NCC(C)(O)c1cc(C)oc1C)NCCNC(=O)c1cccc(OC)c1.I. The summed E-state index contributed by atoms with van der Waals surface area (Å²) in [5, 5.41) is 20.0. The molecule has 0 aliphatic carbocycles. The van der Waals surface area contributed by atoms with Gasteiger partial charge in [-0.25, -0.2) is 4.99 Å². The molecular formula is C22H33IN4O4. The van der Waals surface area contributed by atoms with Crippen LogP contribution in [0.2, 0.25) is 0 Å². The molecule has 2 rings (SSSR count). The van der Waals surface area contributed by atoms with Gasteiger partial charge in [-0.1, -0.05) is 6.07 Å². The van der Waals surface area contributed by atoms with E-state index in [0.717, 1.165) is 11.3 Å². The first kappa shape index (κ1) is 26.8. The number of halogens is 1. The van der Waals surface area contributed by atoms with Gasteiger partial charge in [0.25, 0.3) is 5.91 Å². The molecule has 1 heterocycles. The van der Waals surface area contributed by atoms with Crippen LogP contribution in [-0.2, 0) is 5.60 Å². The van der Waals surface area contributed by atoms with Crippen LogP contribution in [0.3, 0.4) is 0 Å². The zero-order valence-corrected chi connectivity index (χ0v) is 21.1. The molecule has 1 amide bonds. The van der Waals surface area contributed by atoms with Gasteiger partial charge in [-0.3, -0.25) is 4.79 Å². The van der Waals surface area contributed by atoms with Gasteiger partial charge in [0, 0.05) is 30.8 Å². The molecule has 4 N–H and O–H groups in total. The van der Waals surface area contributed by atoms with Gasteiger partial charge in [-0.15, -0.1) is 24.0 Å². The number of aliphatic imine (C=N–C) groups is 1. The van der Waals surface area contributed by atoms with E-state index in [2.05, 4.69) is 20.9 Å². The van der Waals surface area contributed by atoms with Crippen molar-refractivity contribution in [2.45, 2.75) is 33.3 Å². The van der Waals surface area contributed by atoms with Crippen molar-refractivity contribution in [3.8, 4) is 5.75 Å². The molecule has 31 heavy (non-hydrogen) atoms. The largest absolute Gasteiger partial charge is 0.497 e. The molecule has 0 fully saturated rings. The molecule has 1 aromatic heterocycles. The maximum Gasteiger partial charge on any atom is 0.251 e. The second kappa shape index (κ2) is 12.6. The van der Waals surface area contributed by atoms with Gasteiger partial charge in [-0.05, 0) is 52.0 Å². The Kier molecular flexibility index (Phi) is 10.8. The van der Waals surface area contributed by atoms with Gasteiger partial charge in [0.05, 0.1) is 13.7 Å². The van der Waals surface area contributed by atoms with Crippen molar-refractivity contribution in [3.05, 3.63) is 53.0 Å². The van der Waals surface area contributed by atoms with E-state index >= 15 is 0 Å². The number of aliphatic hydroxyl groups is 1. The lowest BCUT2D eigenvalue weighted by atomic mass is 9.96. The Bertz CT molecular complexity index is 880. The van der Waals surface area contributed by atoms with Crippen molar-refractivity contribution in [3.63, 3.8) is 0 Å². The number of hydrogen-bond acceptors (Lipinski definition) is 5. The van der Waals surface area contributed by atoms with Gasteiger partial charge in [0.2, 0.25) is 0 Å². The smallest absolute Gasteiger partial charge is 0.251 e. The molecule has 8 nitrogen and oxygen atoms in total. The van der Waals surface area contributed by atoms with Crippen molar-refractivity contribution in [2.24, 2.45) is 4.99 Å². The van der Waals surface area contributed by atoms with Crippen LogP contribution in [-0.4, -0.2) is 50.3 Å². The lowest BCUT2D eigenvalue weighted by Crippen LogP contribution is -2.42. The highest BCUT2D eigenvalue weighted by Gasteiger charge is 2.27. The van der Waals surface area contributed by atoms with Crippen molar-refractivity contribution in [1.29, 1.82) is 0 Å². The first-order valence-corrected chi connectivity index (χ1v) is 10.0. The number of furan rings is 1. The van der Waals surface area contributed by atoms with E-state index in [9.17, 15) is 9.90 Å². The number of aryl methyl sites for hydroxylation is 2. The predicted molar refractivity (Wildman–Crippen MR) is 132 cm³/mol. The molecule has 0 saturated heterocycles. The first-order chi connectivity index (χ1) is 14.3. The van der Waals surface area contributed by atoms with Crippen molar-refractivity contribution >= 4 is 35.8 Å². The summed E-state index contributed by atoms with van der Waals surface area (Å²) >= 11 is 0. The fourth-order valence-electron chi connectivity index (χ4n) is 3.05. The minimum absolute atomic E-state index is 0. The van der Waals surface area contributed by atoms with Crippen LogP contribution in [0, 0.1) is 13.8 Å². The fourth-order valence-corrected chi connectivity index (χ4v) is 3.05. The third-order valence-electron chi connectivity index (χ3n) is 4.55. The summed E-state index contributed by atoms with van der Waals surface area (Å²) in [6.45, 7) is 9.09. The van der Waals surface area contributed by atoms with Gasteiger partial charge in [-0.2, -0.15) is 0 Å². The minimum Gasteiger partial charge on any atom is -0.497 e. The number of rotatable bonds is 9. The summed E-state index contributed by atoms with van der Waals surface area (Å²) in [7, 11) is 1.56. The zero-order chi connectivity index (χ0) is 22.1. The van der Waals surface area contributed by atoms with E-state index in [1.165, 1.54) is 0 Å². The number of hydrogen-bond donors (Lipinski definition) is 4. The second-order valence-electron chi connectivity index (χ2n) is 7.21. The number of ether oxygens (including phenoxy) is 1. The molecule has 1 unspecified atom stereocenters. The van der Waals surface area contributed by atoms with Crippen LogP contribution in [0.25, 0.3) is 0 Å². The number of carbonyl (C=O) groups excluding carboxylic acids is 1. The second-order valence-corrected chi connectivity index (χ2v) is 7.21. The quantitative estimate of drug-likeness (QED) is 0.167. The lowest BCUT2D eigenvalue weighted by Gasteiger charge is -2.21. The Labute approximate surface area is 200 Å². The normalized spacial score (nSPS) is 13.0. The summed E-state index contributed by atoms with van der Waals surface area (Å²) < 4.78 is 10.7. The zero-order valence-electron chi connectivity index (χ0n) is 18.7. The van der Waals surface area contributed by atoms with E-state index in [1.54, 1.807) is 38.3 Å². The number of guanidine groups is 1. The van der Waals surface area contributed by atoms with Crippen molar-refractivity contribution < 1.29 is 19.1 Å². The molecule has 172 valence electrons. The molecule has 0 radical (unpaired) electrons. The monoisotopic (exact) mass is 544 g/mol. The highest BCUT2D eigenvalue weighted by Crippen LogP contribution is 2.27. The number of carbonyl (C=O) groups is 1. The van der Waals surface area contributed by atoms with Crippen LogP contribution in [0.1, 0.15) is 41.3 Å². The Morgan fingerprint density at radius 3 is 2.52 bits per heavy atom. The van der Waals surface area contributed by atoms with Crippen LogP contribution in [0.5, 0.6) is 5.75 Å². The molecule has 0 aliphatic rings. The molecule has 9 heteroatoms. The van der Waals surface area contributed by atoms with Crippen molar-refractivity contribution in [2.75, 3.05) is 33.3 Å². The summed E-state index contributed by atoms with van der Waals surface area (Å²) in [6.07, 6.45) is 0. The predicted octanol–water partition coefficient (Wildman–Crippen LogP) is 2.72. The Balaban J connectivity index is 0.00000480. The molecule has 0 bridgehead atoms. The highest BCUT2D eigenvalue weighted by molar-refractivity contribution is 14.0. The Morgan fingerprint density at radius 1 is 1.19 bits per heavy atom. The maximum absolute atomic E-state index is 12.2. The molecule has 1 atom stereocenters. The highest BCUT2D eigenvalue weighted by atomic mass is 127. The summed E-state index contributed by atoms with van der Waals surface area (Å²) in [5.41, 5.74) is 0.118. The number of amides is 1. The van der Waals surface area contributed by atoms with E-state index in [0.29, 0.717) is 42.7 Å². The van der Waals surface area contributed by atoms with Crippen LogP contribution < -0.4 is 20.7 Å². The maximum atomic E-state index is 12.2.